The van der Waals surface area contributed by atoms with Crippen molar-refractivity contribution >= 4 is 5.91 Å². The third kappa shape index (κ3) is 2.72. The summed E-state index contributed by atoms with van der Waals surface area (Å²) in [7, 11) is 0. The molecule has 0 bridgehead atoms. The monoisotopic (exact) mass is 245 g/mol. The number of carbonyl (C=O) groups is 1. The molecule has 0 saturated heterocycles. The van der Waals surface area contributed by atoms with Gasteiger partial charge in [-0.25, -0.2) is 4.68 Å². The summed E-state index contributed by atoms with van der Waals surface area (Å²) >= 11 is 0. The second kappa shape index (κ2) is 5.42. The molecule has 0 radical (unpaired) electrons. The maximum atomic E-state index is 11.2. The molecule has 0 aliphatic heterocycles. The number of benzene rings is 1. The van der Waals surface area contributed by atoms with Crippen molar-refractivity contribution in [1.29, 1.82) is 0 Å². The normalized spacial score (nSPS) is 12.1. The minimum absolute atomic E-state index is 0.0306. The number of nitrogens with two attached hydrogens (primary N) is 1. The number of hydrogen-bond donors (Lipinski definition) is 2. The van der Waals surface area contributed by atoms with Crippen LogP contribution in [0, 0.1) is 0 Å². The maximum Gasteiger partial charge on any atom is 0.234 e. The van der Waals surface area contributed by atoms with E-state index in [0.29, 0.717) is 5.69 Å². The number of nitrogens with one attached hydrogen (secondary N) is 1. The molecule has 1 aromatic carbocycles. The molecule has 2 rings (SSSR count). The molecule has 94 valence electrons. The lowest BCUT2D eigenvalue weighted by molar-refractivity contribution is -0.120. The van der Waals surface area contributed by atoms with E-state index in [9.17, 15) is 4.79 Å². The van der Waals surface area contributed by atoms with Crippen molar-refractivity contribution in [3.8, 4) is 5.69 Å². The molecule has 0 fully saturated rings. The predicted molar refractivity (Wildman–Crippen MR) is 67.0 cm³/mol. The summed E-state index contributed by atoms with van der Waals surface area (Å²) in [5.41, 5.74) is 6.86. The van der Waals surface area contributed by atoms with Gasteiger partial charge in [-0.15, -0.1) is 5.10 Å². The Morgan fingerprint density at radius 3 is 2.83 bits per heavy atom. The van der Waals surface area contributed by atoms with Crippen LogP contribution < -0.4 is 11.1 Å². The van der Waals surface area contributed by atoms with Crippen LogP contribution in [0.3, 0.4) is 0 Å². The van der Waals surface area contributed by atoms with Gasteiger partial charge in [0.2, 0.25) is 5.91 Å². The third-order valence-electron chi connectivity index (χ3n) is 2.54. The fraction of sp³-hybridized carbons (Fsp3) is 0.250. The molecule has 0 aliphatic rings. The number of rotatable bonds is 4. The van der Waals surface area contributed by atoms with Crippen LogP contribution in [0.15, 0.2) is 36.5 Å². The molecule has 1 unspecified atom stereocenters. The number of nitrogens with zero attached hydrogens (tertiary/aromatic N) is 3. The zero-order valence-corrected chi connectivity index (χ0v) is 10.1. The minimum Gasteiger partial charge on any atom is -0.347 e. The molecule has 6 nitrogen and oxygen atoms in total. The highest BCUT2D eigenvalue weighted by atomic mass is 16.1. The Hall–Kier alpha value is -2.21. The third-order valence-corrected chi connectivity index (χ3v) is 2.54. The second-order valence-electron chi connectivity index (χ2n) is 3.92. The van der Waals surface area contributed by atoms with Crippen LogP contribution in [0.2, 0.25) is 0 Å². The Labute approximate surface area is 105 Å². The van der Waals surface area contributed by atoms with Gasteiger partial charge in [-0.2, -0.15) is 0 Å². The van der Waals surface area contributed by atoms with Gasteiger partial charge in [-0.3, -0.25) is 4.79 Å². The summed E-state index contributed by atoms with van der Waals surface area (Å²) in [6.07, 6.45) is 1.79. The van der Waals surface area contributed by atoms with Crippen LogP contribution >= 0.6 is 0 Å². The molecule has 1 aromatic heterocycles. The average molecular weight is 245 g/mol. The van der Waals surface area contributed by atoms with Gasteiger partial charge in [-0.05, 0) is 19.1 Å². The molecule has 1 atom stereocenters. The van der Waals surface area contributed by atoms with Gasteiger partial charge in [0.25, 0.3) is 0 Å². The quantitative estimate of drug-likeness (QED) is 0.816. The number of aromatic nitrogens is 3. The second-order valence-corrected chi connectivity index (χ2v) is 3.92. The van der Waals surface area contributed by atoms with Gasteiger partial charge in [0.05, 0.1) is 24.5 Å². The van der Waals surface area contributed by atoms with Gasteiger partial charge >= 0.3 is 0 Å². The van der Waals surface area contributed by atoms with E-state index in [4.69, 9.17) is 5.73 Å². The fourth-order valence-electron chi connectivity index (χ4n) is 1.56. The van der Waals surface area contributed by atoms with Crippen molar-refractivity contribution in [2.75, 3.05) is 6.54 Å². The lowest BCUT2D eigenvalue weighted by atomic mass is 10.2. The number of hydrogen-bond acceptors (Lipinski definition) is 4. The van der Waals surface area contributed by atoms with Crippen LogP contribution in [0.4, 0.5) is 0 Å². The summed E-state index contributed by atoms with van der Waals surface area (Å²) in [5.74, 6) is -0.211. The van der Waals surface area contributed by atoms with Crippen molar-refractivity contribution in [3.05, 3.63) is 42.2 Å². The fourth-order valence-corrected chi connectivity index (χ4v) is 1.56. The Bertz CT molecular complexity index is 522. The summed E-state index contributed by atoms with van der Waals surface area (Å²) in [6, 6.07) is 9.44. The van der Waals surface area contributed by atoms with E-state index in [0.717, 1.165) is 5.69 Å². The Balaban J connectivity index is 2.13. The van der Waals surface area contributed by atoms with Crippen LogP contribution in [0.25, 0.3) is 5.69 Å². The number of carbonyl (C=O) groups excluding carboxylic acids is 1. The molecule has 0 saturated carbocycles. The summed E-state index contributed by atoms with van der Waals surface area (Å²) < 4.78 is 1.67. The first kappa shape index (κ1) is 12.3. The molecule has 0 aliphatic carbocycles. The molecule has 6 heteroatoms. The topological polar surface area (TPSA) is 85.8 Å². The zero-order valence-electron chi connectivity index (χ0n) is 10.1. The standard InChI is InChI=1S/C12H15N5O/c1-9(14-12(18)7-13)11-8-17(16-15-11)10-5-3-2-4-6-10/h2-6,8-9H,7,13H2,1H3,(H,14,18). The number of amides is 1. The van der Waals surface area contributed by atoms with Gasteiger partial charge < -0.3 is 11.1 Å². The van der Waals surface area contributed by atoms with Crippen LogP contribution in [0.1, 0.15) is 18.7 Å². The highest BCUT2D eigenvalue weighted by Crippen LogP contribution is 2.11. The number of para-hydroxylation sites is 1. The Kier molecular flexibility index (Phi) is 3.69. The highest BCUT2D eigenvalue weighted by Gasteiger charge is 2.12. The van der Waals surface area contributed by atoms with Gasteiger partial charge in [0.15, 0.2) is 0 Å². The molecule has 0 spiro atoms. The smallest absolute Gasteiger partial charge is 0.234 e. The first-order valence-electron chi connectivity index (χ1n) is 5.68. The van der Waals surface area contributed by atoms with Gasteiger partial charge in [-0.1, -0.05) is 23.4 Å². The van der Waals surface area contributed by atoms with Gasteiger partial charge in [0.1, 0.15) is 5.69 Å². The molecule has 18 heavy (non-hydrogen) atoms. The maximum absolute atomic E-state index is 11.2. The zero-order chi connectivity index (χ0) is 13.0. The lowest BCUT2D eigenvalue weighted by Gasteiger charge is -2.09. The van der Waals surface area contributed by atoms with E-state index in [-0.39, 0.29) is 18.5 Å². The SMILES string of the molecule is CC(NC(=O)CN)c1cn(-c2ccccc2)nn1. The molecule has 2 aromatic rings. The van der Waals surface area contributed by atoms with Crippen molar-refractivity contribution in [2.45, 2.75) is 13.0 Å². The van der Waals surface area contributed by atoms with E-state index >= 15 is 0 Å². The summed E-state index contributed by atoms with van der Waals surface area (Å²) in [4.78, 5) is 11.2. The summed E-state index contributed by atoms with van der Waals surface area (Å²) in [6.45, 7) is 1.81. The van der Waals surface area contributed by atoms with E-state index in [1.54, 1.807) is 10.9 Å². The van der Waals surface area contributed by atoms with Crippen LogP contribution in [-0.4, -0.2) is 27.4 Å². The van der Waals surface area contributed by atoms with E-state index in [1.165, 1.54) is 0 Å². The summed E-state index contributed by atoms with van der Waals surface area (Å²) in [5, 5.41) is 10.8. The molecule has 1 heterocycles. The average Bonchev–Trinajstić information content (AvgIpc) is 2.89. The van der Waals surface area contributed by atoms with Gasteiger partial charge in [0, 0.05) is 0 Å². The van der Waals surface area contributed by atoms with E-state index in [2.05, 4.69) is 15.6 Å². The van der Waals surface area contributed by atoms with E-state index in [1.807, 2.05) is 37.3 Å². The highest BCUT2D eigenvalue weighted by molar-refractivity contribution is 5.78. The van der Waals surface area contributed by atoms with Crippen molar-refractivity contribution in [2.24, 2.45) is 5.73 Å². The predicted octanol–water partition coefficient (Wildman–Crippen LogP) is 0.403. The van der Waals surface area contributed by atoms with Crippen LogP contribution in [-0.2, 0) is 4.79 Å². The molecular formula is C12H15N5O. The Morgan fingerprint density at radius 2 is 2.17 bits per heavy atom. The van der Waals surface area contributed by atoms with Crippen molar-refractivity contribution in [3.63, 3.8) is 0 Å². The van der Waals surface area contributed by atoms with E-state index < -0.39 is 0 Å². The Morgan fingerprint density at radius 1 is 1.44 bits per heavy atom. The largest absolute Gasteiger partial charge is 0.347 e. The lowest BCUT2D eigenvalue weighted by Crippen LogP contribution is -2.32. The van der Waals surface area contributed by atoms with Crippen molar-refractivity contribution < 1.29 is 4.79 Å². The van der Waals surface area contributed by atoms with Crippen molar-refractivity contribution in [1.82, 2.24) is 20.3 Å². The first-order valence-corrected chi connectivity index (χ1v) is 5.68. The first-order chi connectivity index (χ1) is 8.70. The minimum atomic E-state index is -0.211. The molecule has 1 amide bonds. The van der Waals surface area contributed by atoms with Crippen LogP contribution in [0.5, 0.6) is 0 Å². The molecule has 3 N–H and O–H groups in total. The molecular weight excluding hydrogens is 230 g/mol.